The Bertz CT molecular complexity index is 398. The van der Waals surface area contributed by atoms with E-state index in [0.717, 1.165) is 56.9 Å². The highest BCUT2D eigenvalue weighted by Crippen LogP contribution is 2.25. The van der Waals surface area contributed by atoms with Crippen LogP contribution in [0.2, 0.25) is 0 Å². The molecule has 0 bridgehead atoms. The Morgan fingerprint density at radius 2 is 2.05 bits per heavy atom. The number of nitrogens with zero attached hydrogens (tertiary/aromatic N) is 1. The van der Waals surface area contributed by atoms with Crippen molar-refractivity contribution in [2.75, 3.05) is 0 Å². The molecule has 0 aromatic heterocycles. The van der Waals surface area contributed by atoms with Crippen molar-refractivity contribution in [3.8, 4) is 0 Å². The SMILES string of the molecule is C=CCCCCCC(=O)N1C(=O)C=C(C)[C@@H]1CCCCC. The lowest BCUT2D eigenvalue weighted by Crippen LogP contribution is -2.40. The maximum Gasteiger partial charge on any atom is 0.253 e. The van der Waals surface area contributed by atoms with E-state index in [0.29, 0.717) is 6.42 Å². The second-order valence-electron chi connectivity index (χ2n) is 5.89. The molecule has 0 saturated heterocycles. The largest absolute Gasteiger partial charge is 0.274 e. The first kappa shape index (κ1) is 17.7. The van der Waals surface area contributed by atoms with Crippen molar-refractivity contribution < 1.29 is 9.59 Å². The number of imide groups is 1. The Kier molecular flexibility index (Phi) is 8.03. The summed E-state index contributed by atoms with van der Waals surface area (Å²) in [5.74, 6) is -0.127. The van der Waals surface area contributed by atoms with Crippen LogP contribution in [0.25, 0.3) is 0 Å². The number of carbonyl (C=O) groups is 2. The third kappa shape index (κ3) is 5.49. The number of rotatable bonds is 10. The van der Waals surface area contributed by atoms with Crippen LogP contribution < -0.4 is 0 Å². The summed E-state index contributed by atoms with van der Waals surface area (Å²) in [4.78, 5) is 25.8. The lowest BCUT2D eigenvalue weighted by Gasteiger charge is -2.25. The first-order chi connectivity index (χ1) is 10.1. The van der Waals surface area contributed by atoms with Crippen molar-refractivity contribution in [3.05, 3.63) is 24.3 Å². The van der Waals surface area contributed by atoms with Gasteiger partial charge in [-0.15, -0.1) is 6.58 Å². The van der Waals surface area contributed by atoms with Crippen molar-refractivity contribution >= 4 is 11.8 Å². The molecular weight excluding hydrogens is 262 g/mol. The molecule has 0 fully saturated rings. The second kappa shape index (κ2) is 9.54. The molecule has 0 spiro atoms. The summed E-state index contributed by atoms with van der Waals surface area (Å²) < 4.78 is 0. The number of hydrogen-bond acceptors (Lipinski definition) is 2. The molecule has 2 amide bonds. The maximum absolute atomic E-state index is 12.3. The van der Waals surface area contributed by atoms with Crippen LogP contribution in [0.4, 0.5) is 0 Å². The Morgan fingerprint density at radius 1 is 1.29 bits per heavy atom. The minimum atomic E-state index is -0.120. The molecule has 0 N–H and O–H groups in total. The highest BCUT2D eigenvalue weighted by atomic mass is 16.2. The maximum atomic E-state index is 12.3. The summed E-state index contributed by atoms with van der Waals surface area (Å²) in [5, 5.41) is 0. The number of allylic oxidation sites excluding steroid dienone is 1. The number of hydrogen-bond donors (Lipinski definition) is 0. The van der Waals surface area contributed by atoms with Crippen molar-refractivity contribution in [2.24, 2.45) is 0 Å². The zero-order valence-corrected chi connectivity index (χ0v) is 13.6. The number of unbranched alkanes of at least 4 members (excludes halogenated alkanes) is 5. The van der Waals surface area contributed by atoms with Crippen LogP contribution >= 0.6 is 0 Å². The third-order valence-electron chi connectivity index (χ3n) is 4.07. The molecule has 21 heavy (non-hydrogen) atoms. The zero-order valence-electron chi connectivity index (χ0n) is 13.6. The van der Waals surface area contributed by atoms with Gasteiger partial charge in [0.15, 0.2) is 0 Å². The summed E-state index contributed by atoms with van der Waals surface area (Å²) in [6.45, 7) is 7.82. The Balaban J connectivity index is 2.46. The Labute approximate surface area is 129 Å². The summed E-state index contributed by atoms with van der Waals surface area (Å²) >= 11 is 0. The molecule has 0 unspecified atom stereocenters. The van der Waals surface area contributed by atoms with Gasteiger partial charge in [0.1, 0.15) is 0 Å². The predicted molar refractivity (Wildman–Crippen MR) is 86.8 cm³/mol. The molecule has 0 aromatic rings. The number of amides is 2. The smallest absolute Gasteiger partial charge is 0.253 e. The fourth-order valence-corrected chi connectivity index (χ4v) is 2.82. The van der Waals surface area contributed by atoms with Gasteiger partial charge in [0.2, 0.25) is 5.91 Å². The van der Waals surface area contributed by atoms with E-state index in [1.807, 2.05) is 13.0 Å². The van der Waals surface area contributed by atoms with Gasteiger partial charge in [-0.1, -0.05) is 38.7 Å². The van der Waals surface area contributed by atoms with Crippen LogP contribution in [0.1, 0.15) is 71.6 Å². The molecule has 1 rings (SSSR count). The van der Waals surface area contributed by atoms with Crippen molar-refractivity contribution in [2.45, 2.75) is 77.7 Å². The average molecular weight is 291 g/mol. The molecule has 3 heteroatoms. The molecule has 0 aliphatic carbocycles. The van der Waals surface area contributed by atoms with E-state index in [4.69, 9.17) is 0 Å². The predicted octanol–water partition coefficient (Wildman–Crippen LogP) is 4.39. The molecule has 1 aliphatic rings. The van der Waals surface area contributed by atoms with Crippen LogP contribution in [-0.4, -0.2) is 22.8 Å². The lowest BCUT2D eigenvalue weighted by atomic mass is 10.0. The fourth-order valence-electron chi connectivity index (χ4n) is 2.82. The van der Waals surface area contributed by atoms with Crippen molar-refractivity contribution in [1.82, 2.24) is 4.90 Å². The summed E-state index contributed by atoms with van der Waals surface area (Å²) in [6.07, 6.45) is 12.3. The van der Waals surface area contributed by atoms with Gasteiger partial charge >= 0.3 is 0 Å². The van der Waals surface area contributed by atoms with Crippen molar-refractivity contribution in [3.63, 3.8) is 0 Å². The monoisotopic (exact) mass is 291 g/mol. The van der Waals surface area contributed by atoms with E-state index in [-0.39, 0.29) is 17.9 Å². The van der Waals surface area contributed by atoms with Gasteiger partial charge in [-0.05, 0) is 38.2 Å². The van der Waals surface area contributed by atoms with Crippen LogP contribution in [0, 0.1) is 0 Å². The number of carbonyl (C=O) groups excluding carboxylic acids is 2. The molecule has 1 aliphatic heterocycles. The Hall–Kier alpha value is -1.38. The van der Waals surface area contributed by atoms with Gasteiger partial charge in [-0.3, -0.25) is 14.5 Å². The van der Waals surface area contributed by atoms with Crippen molar-refractivity contribution in [1.29, 1.82) is 0 Å². The van der Waals surface area contributed by atoms with Crippen LogP contribution in [0.5, 0.6) is 0 Å². The molecule has 0 radical (unpaired) electrons. The molecule has 118 valence electrons. The second-order valence-corrected chi connectivity index (χ2v) is 5.89. The van der Waals surface area contributed by atoms with Gasteiger partial charge in [0.05, 0.1) is 6.04 Å². The lowest BCUT2D eigenvalue weighted by molar-refractivity contribution is -0.142. The minimum absolute atomic E-state index is 0.00438. The van der Waals surface area contributed by atoms with E-state index in [1.165, 1.54) is 4.90 Å². The van der Waals surface area contributed by atoms with Gasteiger partial charge in [-0.25, -0.2) is 0 Å². The van der Waals surface area contributed by atoms with E-state index in [2.05, 4.69) is 13.5 Å². The summed E-state index contributed by atoms with van der Waals surface area (Å²) in [7, 11) is 0. The first-order valence-corrected chi connectivity index (χ1v) is 8.27. The van der Waals surface area contributed by atoms with Gasteiger partial charge in [0, 0.05) is 12.5 Å². The quantitative estimate of drug-likeness (QED) is 0.442. The standard InChI is InChI=1S/C18H29NO2/c1-4-6-8-9-11-13-17(20)19-16(12-10-7-5-2)15(3)14-18(19)21/h4,14,16H,1,5-13H2,2-3H3/t16-/m0/s1. The highest BCUT2D eigenvalue weighted by Gasteiger charge is 2.34. The van der Waals surface area contributed by atoms with Crippen LogP contribution in [0.3, 0.4) is 0 Å². The Morgan fingerprint density at radius 3 is 2.71 bits per heavy atom. The average Bonchev–Trinajstić information content (AvgIpc) is 2.73. The van der Waals surface area contributed by atoms with Gasteiger partial charge in [0.25, 0.3) is 5.91 Å². The first-order valence-electron chi connectivity index (χ1n) is 8.27. The highest BCUT2D eigenvalue weighted by molar-refractivity contribution is 6.04. The topological polar surface area (TPSA) is 37.4 Å². The third-order valence-corrected chi connectivity index (χ3v) is 4.07. The molecule has 0 saturated carbocycles. The molecular formula is C18H29NO2. The van der Waals surface area contributed by atoms with Gasteiger partial charge in [-0.2, -0.15) is 0 Å². The minimum Gasteiger partial charge on any atom is -0.274 e. The summed E-state index contributed by atoms with van der Waals surface area (Å²) in [5.41, 5.74) is 1.04. The fraction of sp³-hybridized carbons (Fsp3) is 0.667. The molecule has 3 nitrogen and oxygen atoms in total. The van der Waals surface area contributed by atoms with Crippen LogP contribution in [0.15, 0.2) is 24.3 Å². The van der Waals surface area contributed by atoms with Crippen LogP contribution in [-0.2, 0) is 9.59 Å². The normalized spacial score (nSPS) is 18.0. The summed E-state index contributed by atoms with van der Waals surface area (Å²) in [6, 6.07) is 0.00438. The van der Waals surface area contributed by atoms with E-state index in [9.17, 15) is 9.59 Å². The van der Waals surface area contributed by atoms with E-state index in [1.54, 1.807) is 6.08 Å². The molecule has 1 heterocycles. The van der Waals surface area contributed by atoms with E-state index >= 15 is 0 Å². The zero-order chi connectivity index (χ0) is 15.7. The molecule has 1 atom stereocenters. The van der Waals surface area contributed by atoms with E-state index < -0.39 is 0 Å². The van der Waals surface area contributed by atoms with Gasteiger partial charge < -0.3 is 0 Å². The molecule has 0 aromatic carbocycles.